The summed E-state index contributed by atoms with van der Waals surface area (Å²) in [5, 5.41) is 9.73. The zero-order valence-corrected chi connectivity index (χ0v) is 10.9. The summed E-state index contributed by atoms with van der Waals surface area (Å²) < 4.78 is 29.4. The van der Waals surface area contributed by atoms with E-state index >= 15 is 0 Å². The largest absolute Gasteiger partial charge is 0.355 e. The monoisotopic (exact) mass is 287 g/mol. The number of hydrogen-bond donors (Lipinski definition) is 2. The van der Waals surface area contributed by atoms with E-state index in [0.29, 0.717) is 12.5 Å². The highest BCUT2D eigenvalue weighted by molar-refractivity contribution is 7.92. The average molecular weight is 287 g/mol. The normalized spacial score (nSPS) is 11.2. The van der Waals surface area contributed by atoms with E-state index in [0.717, 1.165) is 11.5 Å². The van der Waals surface area contributed by atoms with Crippen molar-refractivity contribution in [1.82, 2.24) is 24.8 Å². The van der Waals surface area contributed by atoms with Gasteiger partial charge in [0.05, 0.1) is 12.4 Å². The van der Waals surface area contributed by atoms with Gasteiger partial charge in [0.25, 0.3) is 10.0 Å². The van der Waals surface area contributed by atoms with Crippen LogP contribution in [0.1, 0.15) is 6.92 Å². The van der Waals surface area contributed by atoms with Crippen molar-refractivity contribution in [2.45, 2.75) is 11.8 Å². The molecule has 0 aliphatic heterocycles. The Morgan fingerprint density at radius 1 is 1.33 bits per heavy atom. The molecule has 0 aromatic carbocycles. The first-order valence-electron chi connectivity index (χ1n) is 4.85. The van der Waals surface area contributed by atoms with Crippen molar-refractivity contribution in [2.75, 3.05) is 16.6 Å². The van der Waals surface area contributed by atoms with Gasteiger partial charge in [-0.1, -0.05) is 9.59 Å². The van der Waals surface area contributed by atoms with Crippen LogP contribution in [0, 0.1) is 0 Å². The summed E-state index contributed by atoms with van der Waals surface area (Å²) in [6.07, 6.45) is 2.42. The first-order valence-corrected chi connectivity index (χ1v) is 7.11. The number of nitrogens with zero attached hydrogens (tertiary/aromatic N) is 5. The molecule has 0 amide bonds. The van der Waals surface area contributed by atoms with Gasteiger partial charge in [-0.05, 0) is 12.1 Å². The summed E-state index contributed by atoms with van der Waals surface area (Å²) in [4.78, 5) is 7.69. The van der Waals surface area contributed by atoms with Crippen molar-refractivity contribution >= 4 is 32.6 Å². The minimum absolute atomic E-state index is 0.0562. The molecule has 2 rings (SSSR count). The summed E-state index contributed by atoms with van der Waals surface area (Å²) >= 11 is 0.840. The topological polar surface area (TPSA) is 123 Å². The quantitative estimate of drug-likeness (QED) is 0.785. The second-order valence-electron chi connectivity index (χ2n) is 3.05. The van der Waals surface area contributed by atoms with Crippen LogP contribution in [-0.4, -0.2) is 39.7 Å². The molecule has 0 saturated heterocycles. The molecule has 0 unspecified atom stereocenters. The van der Waals surface area contributed by atoms with E-state index in [4.69, 9.17) is 0 Å². The minimum Gasteiger partial charge on any atom is -0.355 e. The fourth-order valence-electron chi connectivity index (χ4n) is 1.05. The van der Waals surface area contributed by atoms with Gasteiger partial charge in [-0.3, -0.25) is 4.72 Å². The number of rotatable bonds is 5. The lowest BCUT2D eigenvalue weighted by Gasteiger charge is -2.04. The molecule has 0 aliphatic rings. The third-order valence-corrected chi connectivity index (χ3v) is 3.73. The van der Waals surface area contributed by atoms with Gasteiger partial charge in [-0.2, -0.15) is 0 Å². The van der Waals surface area contributed by atoms with Crippen LogP contribution in [0.5, 0.6) is 0 Å². The molecule has 2 aromatic heterocycles. The predicted molar refractivity (Wildman–Crippen MR) is 64.7 cm³/mol. The Labute approximate surface area is 107 Å². The number of nitrogens with one attached hydrogen (secondary N) is 2. The molecule has 0 bridgehead atoms. The highest BCUT2D eigenvalue weighted by Crippen LogP contribution is 2.14. The smallest absolute Gasteiger partial charge is 0.266 e. The lowest BCUT2D eigenvalue weighted by molar-refractivity contribution is 0.600. The lowest BCUT2D eigenvalue weighted by Crippen LogP contribution is -2.14. The molecule has 0 saturated carbocycles. The highest BCUT2D eigenvalue weighted by atomic mass is 32.2. The highest BCUT2D eigenvalue weighted by Gasteiger charge is 2.17. The Hall–Kier alpha value is -1.88. The maximum atomic E-state index is 11.9. The molecule has 2 N–H and O–H groups in total. The number of sulfonamides is 1. The molecule has 0 spiro atoms. The summed E-state index contributed by atoms with van der Waals surface area (Å²) in [5.74, 6) is 0.369. The van der Waals surface area contributed by atoms with Crippen molar-refractivity contribution in [1.29, 1.82) is 0 Å². The van der Waals surface area contributed by atoms with Gasteiger partial charge in [0.1, 0.15) is 4.90 Å². The zero-order valence-electron chi connectivity index (χ0n) is 9.23. The molecule has 18 heavy (non-hydrogen) atoms. The van der Waals surface area contributed by atoms with Gasteiger partial charge in [0.15, 0.2) is 0 Å². The van der Waals surface area contributed by atoms with Crippen LogP contribution in [0.2, 0.25) is 0 Å². The van der Waals surface area contributed by atoms with Crippen LogP contribution < -0.4 is 10.0 Å². The summed E-state index contributed by atoms with van der Waals surface area (Å²) in [5.41, 5.74) is 0. The van der Waals surface area contributed by atoms with Crippen molar-refractivity contribution in [3.05, 3.63) is 12.4 Å². The van der Waals surface area contributed by atoms with Crippen molar-refractivity contribution in [3.63, 3.8) is 0 Å². The molecule has 2 aromatic rings. The molecule has 11 heteroatoms. The number of aromatic nitrogens is 5. The van der Waals surface area contributed by atoms with Gasteiger partial charge in [-0.25, -0.2) is 18.4 Å². The number of anilines is 2. The van der Waals surface area contributed by atoms with E-state index in [2.05, 4.69) is 34.8 Å². The van der Waals surface area contributed by atoms with Gasteiger partial charge < -0.3 is 5.32 Å². The minimum atomic E-state index is -3.75. The van der Waals surface area contributed by atoms with E-state index in [-0.39, 0.29) is 10.0 Å². The molecule has 2 heterocycles. The van der Waals surface area contributed by atoms with Crippen LogP contribution in [-0.2, 0) is 10.0 Å². The van der Waals surface area contributed by atoms with E-state index in [1.807, 2.05) is 6.92 Å². The average Bonchev–Trinajstić information content (AvgIpc) is 2.82. The zero-order chi connectivity index (χ0) is 13.0. The Morgan fingerprint density at radius 2 is 2.06 bits per heavy atom. The standard InChI is InChI=1S/C7H9N7O2S2/c1-2-8-6-9-3-5(4-10-6)18(15,16)12-7-11-13-14-17-7/h3-4H,2H2,1H3,(H,8,9,10)(H,11,12,14). The molecule has 9 nitrogen and oxygen atoms in total. The third-order valence-electron chi connectivity index (χ3n) is 1.79. The lowest BCUT2D eigenvalue weighted by atomic mass is 10.6. The Kier molecular flexibility index (Phi) is 3.62. The Balaban J connectivity index is 2.19. The molecular weight excluding hydrogens is 278 g/mol. The van der Waals surface area contributed by atoms with Crippen LogP contribution >= 0.6 is 11.5 Å². The Bertz CT molecular complexity index is 595. The SMILES string of the molecule is CCNc1ncc(S(=O)(=O)Nc2nnns2)cn1. The molecule has 0 fully saturated rings. The summed E-state index contributed by atoms with van der Waals surface area (Å²) in [6.45, 7) is 2.54. The fourth-order valence-corrected chi connectivity index (χ4v) is 2.52. The summed E-state index contributed by atoms with van der Waals surface area (Å²) in [7, 11) is -3.75. The molecule has 0 aliphatic carbocycles. The van der Waals surface area contributed by atoms with Gasteiger partial charge in [-0.15, -0.1) is 0 Å². The van der Waals surface area contributed by atoms with Crippen LogP contribution in [0.15, 0.2) is 17.3 Å². The second-order valence-corrected chi connectivity index (χ2v) is 5.46. The van der Waals surface area contributed by atoms with E-state index in [1.165, 1.54) is 12.4 Å². The fraction of sp³-hybridized carbons (Fsp3) is 0.286. The van der Waals surface area contributed by atoms with Gasteiger partial charge in [0, 0.05) is 18.1 Å². The van der Waals surface area contributed by atoms with Gasteiger partial charge in [0.2, 0.25) is 11.1 Å². The van der Waals surface area contributed by atoms with E-state index in [9.17, 15) is 8.42 Å². The molecule has 0 atom stereocenters. The van der Waals surface area contributed by atoms with Crippen LogP contribution in [0.3, 0.4) is 0 Å². The first-order chi connectivity index (χ1) is 8.62. The van der Waals surface area contributed by atoms with E-state index < -0.39 is 10.0 Å². The predicted octanol–water partition coefficient (Wildman–Crippen LogP) is -0.0443. The van der Waals surface area contributed by atoms with Crippen LogP contribution in [0.4, 0.5) is 11.1 Å². The maximum Gasteiger partial charge on any atom is 0.266 e. The van der Waals surface area contributed by atoms with Crippen molar-refractivity contribution in [2.24, 2.45) is 0 Å². The van der Waals surface area contributed by atoms with E-state index in [1.54, 1.807) is 0 Å². The van der Waals surface area contributed by atoms with Crippen molar-refractivity contribution in [3.8, 4) is 0 Å². The third kappa shape index (κ3) is 2.87. The number of hydrogen-bond acceptors (Lipinski definition) is 9. The Morgan fingerprint density at radius 3 is 2.61 bits per heavy atom. The van der Waals surface area contributed by atoms with Crippen molar-refractivity contribution < 1.29 is 8.42 Å². The maximum absolute atomic E-state index is 11.9. The first kappa shape index (κ1) is 12.6. The molecular formula is C7H9N7O2S2. The van der Waals surface area contributed by atoms with Crippen LogP contribution in [0.25, 0.3) is 0 Å². The molecule has 0 radical (unpaired) electrons. The van der Waals surface area contributed by atoms with Gasteiger partial charge >= 0.3 is 0 Å². The molecule has 96 valence electrons. The second kappa shape index (κ2) is 5.18. The summed E-state index contributed by atoms with van der Waals surface area (Å²) in [6, 6.07) is 0.